The zero-order chi connectivity index (χ0) is 13.1. The summed E-state index contributed by atoms with van der Waals surface area (Å²) in [7, 11) is 0. The Kier molecular flexibility index (Phi) is 3.64. The van der Waals surface area contributed by atoms with Gasteiger partial charge < -0.3 is 10.6 Å². The van der Waals surface area contributed by atoms with Crippen molar-refractivity contribution in [3.8, 4) is 0 Å². The third kappa shape index (κ3) is 3.04. The van der Waals surface area contributed by atoms with Gasteiger partial charge in [0.1, 0.15) is 5.01 Å². The van der Waals surface area contributed by atoms with Gasteiger partial charge in [0.05, 0.1) is 16.8 Å². The van der Waals surface area contributed by atoms with Crippen LogP contribution >= 0.6 is 11.3 Å². The van der Waals surface area contributed by atoms with E-state index in [2.05, 4.69) is 21.7 Å². The van der Waals surface area contributed by atoms with Crippen molar-refractivity contribution >= 4 is 27.6 Å². The first-order chi connectivity index (χ1) is 9.31. The van der Waals surface area contributed by atoms with Gasteiger partial charge in [-0.1, -0.05) is 25.0 Å². The molecule has 2 amide bonds. The number of carbonyl (C=O) groups excluding carboxylic acids is 1. The van der Waals surface area contributed by atoms with Crippen LogP contribution in [0, 0.1) is 0 Å². The monoisotopic (exact) mass is 275 g/mol. The molecule has 5 heteroatoms. The number of hydrogen-bond donors (Lipinski definition) is 2. The standard InChI is InChI=1S/C14H17N3OS/c18-14(16-10-5-1-2-6-10)15-9-13-17-11-7-3-4-8-12(11)19-13/h3-4,7-8,10H,1-2,5-6,9H2,(H2,15,16,18). The number of hydrogen-bond acceptors (Lipinski definition) is 3. The molecule has 1 aromatic heterocycles. The molecule has 1 aliphatic carbocycles. The molecule has 0 saturated heterocycles. The Morgan fingerprint density at radius 3 is 2.89 bits per heavy atom. The van der Waals surface area contributed by atoms with Gasteiger partial charge in [0.25, 0.3) is 0 Å². The predicted octanol–water partition coefficient (Wildman–Crippen LogP) is 3.04. The summed E-state index contributed by atoms with van der Waals surface area (Å²) in [5.41, 5.74) is 1.00. The third-order valence-corrected chi connectivity index (χ3v) is 4.47. The van der Waals surface area contributed by atoms with Gasteiger partial charge in [-0.2, -0.15) is 0 Å². The fourth-order valence-electron chi connectivity index (χ4n) is 2.46. The van der Waals surface area contributed by atoms with E-state index in [0.29, 0.717) is 12.6 Å². The molecule has 2 N–H and O–H groups in total. The lowest BCUT2D eigenvalue weighted by Crippen LogP contribution is -2.40. The van der Waals surface area contributed by atoms with Crippen LogP contribution in [0.5, 0.6) is 0 Å². The SMILES string of the molecule is O=C(NCc1nc2ccccc2s1)NC1CCCC1. The quantitative estimate of drug-likeness (QED) is 0.904. The van der Waals surface area contributed by atoms with E-state index >= 15 is 0 Å². The van der Waals surface area contributed by atoms with Gasteiger partial charge in [0.15, 0.2) is 0 Å². The van der Waals surface area contributed by atoms with Gasteiger partial charge in [0, 0.05) is 6.04 Å². The van der Waals surface area contributed by atoms with Crippen LogP contribution in [0.3, 0.4) is 0 Å². The molecule has 19 heavy (non-hydrogen) atoms. The molecular formula is C14H17N3OS. The van der Waals surface area contributed by atoms with E-state index in [4.69, 9.17) is 0 Å². The van der Waals surface area contributed by atoms with Crippen molar-refractivity contribution in [3.63, 3.8) is 0 Å². The molecule has 1 fully saturated rings. The number of carbonyl (C=O) groups is 1. The van der Waals surface area contributed by atoms with E-state index in [1.165, 1.54) is 12.8 Å². The predicted molar refractivity (Wildman–Crippen MR) is 77.2 cm³/mol. The van der Waals surface area contributed by atoms with E-state index in [9.17, 15) is 4.79 Å². The van der Waals surface area contributed by atoms with Crippen molar-refractivity contribution in [3.05, 3.63) is 29.3 Å². The Morgan fingerprint density at radius 2 is 2.11 bits per heavy atom. The number of fused-ring (bicyclic) bond motifs is 1. The highest BCUT2D eigenvalue weighted by atomic mass is 32.1. The molecule has 0 unspecified atom stereocenters. The molecule has 3 rings (SSSR count). The fourth-order valence-corrected chi connectivity index (χ4v) is 3.37. The van der Waals surface area contributed by atoms with Crippen LogP contribution in [0.1, 0.15) is 30.7 Å². The number of benzene rings is 1. The van der Waals surface area contributed by atoms with Crippen LogP contribution in [0.15, 0.2) is 24.3 Å². The highest BCUT2D eigenvalue weighted by Crippen LogP contribution is 2.21. The number of amides is 2. The number of rotatable bonds is 3. The van der Waals surface area contributed by atoms with Gasteiger partial charge in [-0.3, -0.25) is 0 Å². The summed E-state index contributed by atoms with van der Waals surface area (Å²) in [4.78, 5) is 16.2. The third-order valence-electron chi connectivity index (χ3n) is 3.43. The van der Waals surface area contributed by atoms with Crippen LogP contribution < -0.4 is 10.6 Å². The summed E-state index contributed by atoms with van der Waals surface area (Å²) in [6.45, 7) is 0.498. The van der Waals surface area contributed by atoms with Crippen molar-refractivity contribution < 1.29 is 4.79 Å². The zero-order valence-corrected chi connectivity index (χ0v) is 11.5. The largest absolute Gasteiger partial charge is 0.335 e. The van der Waals surface area contributed by atoms with Crippen LogP contribution in [-0.4, -0.2) is 17.1 Å². The average Bonchev–Trinajstić information content (AvgIpc) is 3.04. The van der Waals surface area contributed by atoms with Crippen molar-refractivity contribution in [2.75, 3.05) is 0 Å². The summed E-state index contributed by atoms with van der Waals surface area (Å²) in [6.07, 6.45) is 4.66. The van der Waals surface area contributed by atoms with E-state index in [-0.39, 0.29) is 6.03 Å². The van der Waals surface area contributed by atoms with Gasteiger partial charge in [0.2, 0.25) is 0 Å². The number of aromatic nitrogens is 1. The molecule has 0 atom stereocenters. The minimum absolute atomic E-state index is 0.0776. The van der Waals surface area contributed by atoms with Crippen LogP contribution in [0.4, 0.5) is 4.79 Å². The highest BCUT2D eigenvalue weighted by Gasteiger charge is 2.16. The molecule has 2 aromatic rings. The summed E-state index contributed by atoms with van der Waals surface area (Å²) in [5.74, 6) is 0. The minimum Gasteiger partial charge on any atom is -0.335 e. The molecule has 0 spiro atoms. The second-order valence-electron chi connectivity index (χ2n) is 4.88. The maximum atomic E-state index is 11.7. The highest BCUT2D eigenvalue weighted by molar-refractivity contribution is 7.18. The van der Waals surface area contributed by atoms with E-state index in [0.717, 1.165) is 28.1 Å². The number of nitrogens with one attached hydrogen (secondary N) is 2. The van der Waals surface area contributed by atoms with E-state index in [1.54, 1.807) is 11.3 Å². The van der Waals surface area contributed by atoms with Crippen LogP contribution in [-0.2, 0) is 6.54 Å². The number of nitrogens with zero attached hydrogens (tertiary/aromatic N) is 1. The Bertz CT molecular complexity index is 542. The summed E-state index contributed by atoms with van der Waals surface area (Å²) < 4.78 is 1.16. The Balaban J connectivity index is 1.54. The Hall–Kier alpha value is -1.62. The molecule has 1 aliphatic rings. The molecule has 0 aliphatic heterocycles. The van der Waals surface area contributed by atoms with Crippen molar-refractivity contribution in [2.24, 2.45) is 0 Å². The number of urea groups is 1. The summed E-state index contributed by atoms with van der Waals surface area (Å²) in [6, 6.07) is 8.31. The number of thiazole rings is 1. The fraction of sp³-hybridized carbons (Fsp3) is 0.429. The van der Waals surface area contributed by atoms with Crippen molar-refractivity contribution in [1.29, 1.82) is 0 Å². The van der Waals surface area contributed by atoms with E-state index in [1.807, 2.05) is 18.2 Å². The molecule has 1 heterocycles. The first-order valence-electron chi connectivity index (χ1n) is 6.70. The molecule has 0 bridgehead atoms. The average molecular weight is 275 g/mol. The zero-order valence-electron chi connectivity index (χ0n) is 10.7. The van der Waals surface area contributed by atoms with Gasteiger partial charge in [-0.25, -0.2) is 9.78 Å². The van der Waals surface area contributed by atoms with Crippen LogP contribution in [0.2, 0.25) is 0 Å². The second kappa shape index (κ2) is 5.57. The Morgan fingerprint density at radius 1 is 1.32 bits per heavy atom. The summed E-state index contributed by atoms with van der Waals surface area (Å²) in [5, 5.41) is 6.84. The maximum Gasteiger partial charge on any atom is 0.315 e. The lowest BCUT2D eigenvalue weighted by atomic mass is 10.2. The second-order valence-corrected chi connectivity index (χ2v) is 6.00. The first-order valence-corrected chi connectivity index (χ1v) is 7.52. The molecule has 0 radical (unpaired) electrons. The minimum atomic E-state index is -0.0776. The normalized spacial score (nSPS) is 15.8. The maximum absolute atomic E-state index is 11.7. The summed E-state index contributed by atoms with van der Waals surface area (Å²) >= 11 is 1.63. The lowest BCUT2D eigenvalue weighted by Gasteiger charge is -2.12. The van der Waals surface area contributed by atoms with Gasteiger partial charge in [-0.05, 0) is 25.0 Å². The molecule has 1 saturated carbocycles. The molecule has 100 valence electrons. The van der Waals surface area contributed by atoms with Crippen molar-refractivity contribution in [1.82, 2.24) is 15.6 Å². The molecule has 1 aromatic carbocycles. The van der Waals surface area contributed by atoms with Gasteiger partial charge >= 0.3 is 6.03 Å². The van der Waals surface area contributed by atoms with Crippen molar-refractivity contribution in [2.45, 2.75) is 38.3 Å². The van der Waals surface area contributed by atoms with E-state index < -0.39 is 0 Å². The first kappa shape index (κ1) is 12.4. The topological polar surface area (TPSA) is 54.0 Å². The smallest absolute Gasteiger partial charge is 0.315 e. The van der Waals surface area contributed by atoms with Crippen LogP contribution in [0.25, 0.3) is 10.2 Å². The van der Waals surface area contributed by atoms with Gasteiger partial charge in [-0.15, -0.1) is 11.3 Å². The Labute approximate surface area is 116 Å². The molecule has 4 nitrogen and oxygen atoms in total. The number of para-hydroxylation sites is 1. The lowest BCUT2D eigenvalue weighted by molar-refractivity contribution is 0.236. The molecular weight excluding hydrogens is 258 g/mol.